The van der Waals surface area contributed by atoms with Gasteiger partial charge in [0.25, 0.3) is 0 Å². The standard InChI is InChI=1S/C14H16F2N2/c1-8-3-4-13(9(8)2)18-14-11(15)5-10(7-17)6-12(14)16/h5-6,8-9,13,18H,3-4H2,1-2H3. The summed E-state index contributed by atoms with van der Waals surface area (Å²) in [6.45, 7) is 4.24. The molecule has 0 heterocycles. The molecule has 0 spiro atoms. The second-order valence-corrected chi connectivity index (χ2v) is 5.09. The fourth-order valence-electron chi connectivity index (χ4n) is 2.53. The summed E-state index contributed by atoms with van der Waals surface area (Å²) < 4.78 is 27.4. The highest BCUT2D eigenvalue weighted by molar-refractivity contribution is 5.51. The van der Waals surface area contributed by atoms with E-state index in [0.29, 0.717) is 11.8 Å². The highest BCUT2D eigenvalue weighted by Gasteiger charge is 2.30. The van der Waals surface area contributed by atoms with Crippen LogP contribution in [0.4, 0.5) is 14.5 Å². The highest BCUT2D eigenvalue weighted by atomic mass is 19.1. The Balaban J connectivity index is 2.23. The van der Waals surface area contributed by atoms with Gasteiger partial charge in [0.2, 0.25) is 0 Å². The Morgan fingerprint density at radius 1 is 1.22 bits per heavy atom. The van der Waals surface area contributed by atoms with Crippen LogP contribution in [-0.4, -0.2) is 6.04 Å². The lowest BCUT2D eigenvalue weighted by molar-refractivity contribution is 0.433. The van der Waals surface area contributed by atoms with Crippen molar-refractivity contribution in [3.05, 3.63) is 29.3 Å². The van der Waals surface area contributed by atoms with Gasteiger partial charge >= 0.3 is 0 Å². The molecule has 18 heavy (non-hydrogen) atoms. The summed E-state index contributed by atoms with van der Waals surface area (Å²) >= 11 is 0. The summed E-state index contributed by atoms with van der Waals surface area (Å²) in [6.07, 6.45) is 1.99. The minimum absolute atomic E-state index is 0.00314. The SMILES string of the molecule is CC1CCC(Nc2c(F)cc(C#N)cc2F)C1C. The molecule has 0 amide bonds. The summed E-state index contributed by atoms with van der Waals surface area (Å²) in [7, 11) is 0. The van der Waals surface area contributed by atoms with Crippen molar-refractivity contribution >= 4 is 5.69 Å². The van der Waals surface area contributed by atoms with Crippen LogP contribution in [0.3, 0.4) is 0 Å². The predicted octanol–water partition coefficient (Wildman–Crippen LogP) is 3.68. The van der Waals surface area contributed by atoms with E-state index in [1.54, 1.807) is 6.07 Å². The van der Waals surface area contributed by atoms with Crippen LogP contribution in [0.15, 0.2) is 12.1 Å². The first-order valence-electron chi connectivity index (χ1n) is 6.18. The number of benzene rings is 1. The van der Waals surface area contributed by atoms with Crippen LogP contribution in [0.25, 0.3) is 0 Å². The number of nitrogens with one attached hydrogen (secondary N) is 1. The van der Waals surface area contributed by atoms with E-state index >= 15 is 0 Å². The third-order valence-corrected chi connectivity index (χ3v) is 3.97. The van der Waals surface area contributed by atoms with Gasteiger partial charge in [-0.2, -0.15) is 5.26 Å². The Morgan fingerprint density at radius 2 is 1.83 bits per heavy atom. The fraction of sp³-hybridized carbons (Fsp3) is 0.500. The van der Waals surface area contributed by atoms with Gasteiger partial charge in [-0.25, -0.2) is 8.78 Å². The molecule has 1 aromatic carbocycles. The smallest absolute Gasteiger partial charge is 0.150 e. The monoisotopic (exact) mass is 250 g/mol. The lowest BCUT2D eigenvalue weighted by Gasteiger charge is -2.21. The molecule has 0 aromatic heterocycles. The molecule has 1 saturated carbocycles. The molecule has 0 radical (unpaired) electrons. The van der Waals surface area contributed by atoms with E-state index in [4.69, 9.17) is 5.26 Å². The van der Waals surface area contributed by atoms with Crippen molar-refractivity contribution in [1.82, 2.24) is 0 Å². The zero-order valence-corrected chi connectivity index (χ0v) is 10.5. The van der Waals surface area contributed by atoms with E-state index in [1.165, 1.54) is 0 Å². The van der Waals surface area contributed by atoms with Crippen LogP contribution >= 0.6 is 0 Å². The Hall–Kier alpha value is -1.63. The molecule has 0 saturated heterocycles. The fourth-order valence-corrected chi connectivity index (χ4v) is 2.53. The minimum atomic E-state index is -0.696. The summed E-state index contributed by atoms with van der Waals surface area (Å²) in [4.78, 5) is 0. The number of rotatable bonds is 2. The Bertz CT molecular complexity index is 470. The maximum Gasteiger partial charge on any atom is 0.150 e. The van der Waals surface area contributed by atoms with Gasteiger partial charge in [0.1, 0.15) is 5.69 Å². The van der Waals surface area contributed by atoms with E-state index < -0.39 is 11.6 Å². The molecule has 2 rings (SSSR count). The molecule has 2 nitrogen and oxygen atoms in total. The zero-order valence-electron chi connectivity index (χ0n) is 10.5. The van der Waals surface area contributed by atoms with Crippen molar-refractivity contribution in [1.29, 1.82) is 5.26 Å². The molecule has 1 N–H and O–H groups in total. The number of hydrogen-bond acceptors (Lipinski definition) is 2. The van der Waals surface area contributed by atoms with E-state index in [-0.39, 0.29) is 17.3 Å². The third-order valence-electron chi connectivity index (χ3n) is 3.97. The molecule has 0 bridgehead atoms. The molecule has 96 valence electrons. The highest BCUT2D eigenvalue weighted by Crippen LogP contribution is 2.34. The van der Waals surface area contributed by atoms with Crippen molar-refractivity contribution < 1.29 is 8.78 Å². The van der Waals surface area contributed by atoms with Gasteiger partial charge in [-0.05, 0) is 36.8 Å². The van der Waals surface area contributed by atoms with E-state index in [0.717, 1.165) is 25.0 Å². The van der Waals surface area contributed by atoms with Gasteiger partial charge in [-0.15, -0.1) is 0 Å². The lowest BCUT2D eigenvalue weighted by atomic mass is 9.97. The Morgan fingerprint density at radius 3 is 2.28 bits per heavy atom. The van der Waals surface area contributed by atoms with Gasteiger partial charge in [-0.1, -0.05) is 13.8 Å². The topological polar surface area (TPSA) is 35.8 Å². The van der Waals surface area contributed by atoms with Crippen LogP contribution in [0.5, 0.6) is 0 Å². The van der Waals surface area contributed by atoms with E-state index in [2.05, 4.69) is 19.2 Å². The van der Waals surface area contributed by atoms with Gasteiger partial charge in [0, 0.05) is 6.04 Å². The summed E-state index contributed by atoms with van der Waals surface area (Å²) in [5.41, 5.74) is -0.108. The number of hydrogen-bond donors (Lipinski definition) is 1. The van der Waals surface area contributed by atoms with Crippen LogP contribution in [0, 0.1) is 34.8 Å². The molecule has 1 aliphatic carbocycles. The van der Waals surface area contributed by atoms with Gasteiger partial charge in [0.05, 0.1) is 11.6 Å². The third kappa shape index (κ3) is 2.31. The molecule has 3 atom stereocenters. The summed E-state index contributed by atoms with van der Waals surface area (Å²) in [5.74, 6) is -0.442. The van der Waals surface area contributed by atoms with Crippen molar-refractivity contribution in [3.63, 3.8) is 0 Å². The van der Waals surface area contributed by atoms with Crippen LogP contribution in [-0.2, 0) is 0 Å². The number of nitriles is 1. The first-order valence-corrected chi connectivity index (χ1v) is 6.18. The number of nitrogens with zero attached hydrogens (tertiary/aromatic N) is 1. The van der Waals surface area contributed by atoms with Crippen molar-refractivity contribution in [3.8, 4) is 6.07 Å². The first-order chi connectivity index (χ1) is 8.52. The number of halogens is 2. The normalized spacial score (nSPS) is 26.9. The maximum atomic E-state index is 13.7. The molecule has 0 aliphatic heterocycles. The Kier molecular flexibility index (Phi) is 3.51. The maximum absolute atomic E-state index is 13.7. The average molecular weight is 250 g/mol. The Labute approximate surface area is 106 Å². The zero-order chi connectivity index (χ0) is 13.3. The van der Waals surface area contributed by atoms with Crippen molar-refractivity contribution in [2.24, 2.45) is 11.8 Å². The molecule has 1 aromatic rings. The molecule has 4 heteroatoms. The van der Waals surface area contributed by atoms with E-state index in [9.17, 15) is 8.78 Å². The first kappa shape index (κ1) is 12.8. The average Bonchev–Trinajstić information content (AvgIpc) is 2.65. The van der Waals surface area contributed by atoms with Gasteiger partial charge in [-0.3, -0.25) is 0 Å². The van der Waals surface area contributed by atoms with Gasteiger partial charge in [0.15, 0.2) is 11.6 Å². The summed E-state index contributed by atoms with van der Waals surface area (Å²) in [6, 6.07) is 3.96. The van der Waals surface area contributed by atoms with Crippen LogP contribution in [0.2, 0.25) is 0 Å². The predicted molar refractivity (Wildman–Crippen MR) is 66.0 cm³/mol. The van der Waals surface area contributed by atoms with E-state index in [1.807, 2.05) is 0 Å². The minimum Gasteiger partial charge on any atom is -0.377 e. The molecule has 1 aliphatic rings. The largest absolute Gasteiger partial charge is 0.377 e. The molecule has 3 unspecified atom stereocenters. The molecular formula is C14H16F2N2. The van der Waals surface area contributed by atoms with Crippen LogP contribution in [0.1, 0.15) is 32.3 Å². The van der Waals surface area contributed by atoms with Crippen molar-refractivity contribution in [2.75, 3.05) is 5.32 Å². The van der Waals surface area contributed by atoms with Crippen LogP contribution < -0.4 is 5.32 Å². The summed E-state index contributed by atoms with van der Waals surface area (Å²) in [5, 5.41) is 11.6. The van der Waals surface area contributed by atoms with Crippen molar-refractivity contribution in [2.45, 2.75) is 32.7 Å². The molecule has 1 fully saturated rings. The second-order valence-electron chi connectivity index (χ2n) is 5.09. The molecular weight excluding hydrogens is 234 g/mol. The lowest BCUT2D eigenvalue weighted by Crippen LogP contribution is -2.25. The quantitative estimate of drug-likeness (QED) is 0.869. The van der Waals surface area contributed by atoms with Gasteiger partial charge < -0.3 is 5.32 Å². The second kappa shape index (κ2) is 4.93. The number of anilines is 1.